The summed E-state index contributed by atoms with van der Waals surface area (Å²) in [5, 5.41) is 4.34. The highest BCUT2D eigenvalue weighted by Gasteiger charge is 2.20. The zero-order chi connectivity index (χ0) is 14.4. The van der Waals surface area contributed by atoms with Crippen molar-refractivity contribution in [2.45, 2.75) is 13.0 Å². The van der Waals surface area contributed by atoms with Crippen LogP contribution in [0.3, 0.4) is 0 Å². The van der Waals surface area contributed by atoms with Crippen molar-refractivity contribution < 1.29 is 19.1 Å². The van der Waals surface area contributed by atoms with Crippen LogP contribution in [-0.2, 0) is 9.53 Å². The molecule has 0 aliphatic carbocycles. The van der Waals surface area contributed by atoms with Crippen molar-refractivity contribution in [2.24, 2.45) is 0 Å². The molecule has 0 aromatic carbocycles. The number of imide groups is 1. The highest BCUT2D eigenvalue weighted by Crippen LogP contribution is 2.09. The fraction of sp³-hybridized carbons (Fsp3) is 0.273. The van der Waals surface area contributed by atoms with Crippen molar-refractivity contribution in [3.05, 3.63) is 29.0 Å². The van der Waals surface area contributed by atoms with Crippen LogP contribution in [0.1, 0.15) is 17.3 Å². The van der Waals surface area contributed by atoms with Crippen LogP contribution in [0.25, 0.3) is 0 Å². The first-order valence-corrected chi connectivity index (χ1v) is 5.67. The van der Waals surface area contributed by atoms with Gasteiger partial charge in [-0.1, -0.05) is 11.6 Å². The standard InChI is InChI=1S/C11H12ClN3O4/c1-6(9(16)15-11(18)13-2)19-10(17)7-3-4-14-8(12)5-7/h3-6H,1-2H3,(H2,13,15,16,18). The van der Waals surface area contributed by atoms with Gasteiger partial charge in [0.2, 0.25) is 0 Å². The number of aromatic nitrogens is 1. The maximum absolute atomic E-state index is 11.7. The molecular formula is C11H12ClN3O4. The van der Waals surface area contributed by atoms with E-state index in [1.807, 2.05) is 5.32 Å². The summed E-state index contributed by atoms with van der Waals surface area (Å²) in [7, 11) is 1.36. The fourth-order valence-corrected chi connectivity index (χ4v) is 1.26. The van der Waals surface area contributed by atoms with Gasteiger partial charge in [0.05, 0.1) is 5.56 Å². The molecule has 0 fully saturated rings. The molecule has 3 amide bonds. The van der Waals surface area contributed by atoms with Crippen molar-refractivity contribution in [3.63, 3.8) is 0 Å². The molecule has 0 aliphatic heterocycles. The number of nitrogens with zero attached hydrogens (tertiary/aromatic N) is 1. The normalized spacial score (nSPS) is 11.3. The molecule has 1 aromatic heterocycles. The number of ether oxygens (including phenoxy) is 1. The number of carbonyl (C=O) groups excluding carboxylic acids is 3. The third kappa shape index (κ3) is 4.55. The second-order valence-corrected chi connectivity index (χ2v) is 3.87. The lowest BCUT2D eigenvalue weighted by molar-refractivity contribution is -0.127. The smallest absolute Gasteiger partial charge is 0.339 e. The Morgan fingerprint density at radius 2 is 2.11 bits per heavy atom. The predicted octanol–water partition coefficient (Wildman–Crippen LogP) is 0.736. The summed E-state index contributed by atoms with van der Waals surface area (Å²) >= 11 is 5.62. The molecule has 8 heteroatoms. The van der Waals surface area contributed by atoms with E-state index in [2.05, 4.69) is 10.3 Å². The highest BCUT2D eigenvalue weighted by atomic mass is 35.5. The van der Waals surface area contributed by atoms with Gasteiger partial charge in [-0.15, -0.1) is 0 Å². The van der Waals surface area contributed by atoms with Crippen LogP contribution in [0, 0.1) is 0 Å². The summed E-state index contributed by atoms with van der Waals surface area (Å²) in [6.07, 6.45) is 0.227. The molecule has 19 heavy (non-hydrogen) atoms. The first-order chi connectivity index (χ1) is 8.93. The largest absolute Gasteiger partial charge is 0.449 e. The molecule has 1 unspecified atom stereocenters. The summed E-state index contributed by atoms with van der Waals surface area (Å²) in [4.78, 5) is 37.8. The van der Waals surface area contributed by atoms with Crippen LogP contribution < -0.4 is 10.6 Å². The third-order valence-electron chi connectivity index (χ3n) is 2.08. The Balaban J connectivity index is 2.61. The van der Waals surface area contributed by atoms with Gasteiger partial charge in [0.25, 0.3) is 5.91 Å². The molecule has 2 N–H and O–H groups in total. The first-order valence-electron chi connectivity index (χ1n) is 5.29. The molecule has 0 bridgehead atoms. The molecule has 7 nitrogen and oxygen atoms in total. The Labute approximate surface area is 114 Å². The van der Waals surface area contributed by atoms with Crippen molar-refractivity contribution in [3.8, 4) is 0 Å². The molecule has 102 valence electrons. The minimum absolute atomic E-state index is 0.136. The van der Waals surface area contributed by atoms with Gasteiger partial charge in [-0.2, -0.15) is 0 Å². The molecule has 1 aromatic rings. The number of nitrogens with one attached hydrogen (secondary N) is 2. The molecule has 0 aliphatic rings. The molecule has 0 radical (unpaired) electrons. The van der Waals surface area contributed by atoms with E-state index in [4.69, 9.17) is 16.3 Å². The van der Waals surface area contributed by atoms with Gasteiger partial charge in [0.1, 0.15) is 5.15 Å². The maximum Gasteiger partial charge on any atom is 0.339 e. The quantitative estimate of drug-likeness (QED) is 0.630. The average molecular weight is 286 g/mol. The molecule has 0 spiro atoms. The number of rotatable bonds is 3. The van der Waals surface area contributed by atoms with E-state index in [1.165, 1.54) is 32.3 Å². The van der Waals surface area contributed by atoms with Crippen molar-refractivity contribution in [1.29, 1.82) is 0 Å². The Kier molecular flexibility index (Phi) is 5.25. The van der Waals surface area contributed by atoms with Gasteiger partial charge in [-0.3, -0.25) is 10.1 Å². The van der Waals surface area contributed by atoms with E-state index < -0.39 is 24.0 Å². The van der Waals surface area contributed by atoms with Gasteiger partial charge in [0, 0.05) is 13.2 Å². The average Bonchev–Trinajstić information content (AvgIpc) is 2.38. The minimum Gasteiger partial charge on any atom is -0.449 e. The van der Waals surface area contributed by atoms with Gasteiger partial charge < -0.3 is 10.1 Å². The van der Waals surface area contributed by atoms with Crippen molar-refractivity contribution in [1.82, 2.24) is 15.6 Å². The Hall–Kier alpha value is -2.15. The highest BCUT2D eigenvalue weighted by molar-refractivity contribution is 6.29. The van der Waals surface area contributed by atoms with Crippen molar-refractivity contribution in [2.75, 3.05) is 7.05 Å². The van der Waals surface area contributed by atoms with Crippen LogP contribution >= 0.6 is 11.6 Å². The number of amides is 3. The van der Waals surface area contributed by atoms with Crippen LogP contribution in [0.5, 0.6) is 0 Å². The van der Waals surface area contributed by atoms with E-state index in [-0.39, 0.29) is 10.7 Å². The van der Waals surface area contributed by atoms with Gasteiger partial charge in [0.15, 0.2) is 6.10 Å². The van der Waals surface area contributed by atoms with Gasteiger partial charge >= 0.3 is 12.0 Å². The first kappa shape index (κ1) is 14.9. The number of pyridine rings is 1. The summed E-state index contributed by atoms with van der Waals surface area (Å²) < 4.78 is 4.88. The monoisotopic (exact) mass is 285 g/mol. The van der Waals surface area contributed by atoms with Gasteiger partial charge in [-0.25, -0.2) is 14.6 Å². The summed E-state index contributed by atoms with van der Waals surface area (Å²) in [6.45, 7) is 1.35. The zero-order valence-electron chi connectivity index (χ0n) is 10.3. The van der Waals surface area contributed by atoms with E-state index >= 15 is 0 Å². The summed E-state index contributed by atoms with van der Waals surface area (Å²) in [6, 6.07) is 2.03. The number of halogens is 1. The minimum atomic E-state index is -1.11. The maximum atomic E-state index is 11.7. The molecule has 1 heterocycles. The molecule has 1 atom stereocenters. The predicted molar refractivity (Wildman–Crippen MR) is 66.7 cm³/mol. The summed E-state index contributed by atoms with van der Waals surface area (Å²) in [5.74, 6) is -1.46. The second kappa shape index (κ2) is 6.69. The van der Waals surface area contributed by atoms with Crippen LogP contribution in [-0.4, -0.2) is 36.0 Å². The molecule has 0 saturated heterocycles. The van der Waals surface area contributed by atoms with E-state index in [0.29, 0.717) is 0 Å². The molecule has 0 saturated carbocycles. The lowest BCUT2D eigenvalue weighted by Gasteiger charge is -2.12. The van der Waals surface area contributed by atoms with Crippen LogP contribution in [0.15, 0.2) is 18.3 Å². The van der Waals surface area contributed by atoms with E-state index in [0.717, 1.165) is 0 Å². The topological polar surface area (TPSA) is 97.4 Å². The van der Waals surface area contributed by atoms with E-state index in [9.17, 15) is 14.4 Å². The van der Waals surface area contributed by atoms with Gasteiger partial charge in [-0.05, 0) is 19.1 Å². The molecule has 1 rings (SSSR count). The summed E-state index contributed by atoms with van der Waals surface area (Å²) in [5.41, 5.74) is 0.166. The second-order valence-electron chi connectivity index (χ2n) is 3.48. The number of esters is 1. The Morgan fingerprint density at radius 1 is 1.42 bits per heavy atom. The fourth-order valence-electron chi connectivity index (χ4n) is 1.09. The van der Waals surface area contributed by atoms with Crippen molar-refractivity contribution >= 4 is 29.5 Å². The third-order valence-corrected chi connectivity index (χ3v) is 2.29. The number of carbonyl (C=O) groups is 3. The SMILES string of the molecule is CNC(=O)NC(=O)C(C)OC(=O)c1ccnc(Cl)c1. The Bertz CT molecular complexity index is 506. The van der Waals surface area contributed by atoms with Crippen LogP contribution in [0.4, 0.5) is 4.79 Å². The number of urea groups is 1. The van der Waals surface area contributed by atoms with E-state index in [1.54, 1.807) is 0 Å². The Morgan fingerprint density at radius 3 is 2.68 bits per heavy atom. The zero-order valence-corrected chi connectivity index (χ0v) is 11.0. The number of hydrogen-bond donors (Lipinski definition) is 2. The number of hydrogen-bond acceptors (Lipinski definition) is 5. The lowest BCUT2D eigenvalue weighted by Crippen LogP contribution is -2.43. The lowest BCUT2D eigenvalue weighted by atomic mass is 10.3. The van der Waals surface area contributed by atoms with Crippen LogP contribution in [0.2, 0.25) is 5.15 Å². The molecular weight excluding hydrogens is 274 g/mol.